The van der Waals surface area contributed by atoms with Gasteiger partial charge in [-0.2, -0.15) is 0 Å². The average molecular weight is 450 g/mol. The van der Waals surface area contributed by atoms with Crippen LogP contribution in [-0.2, 0) is 0 Å². The second-order valence-corrected chi connectivity index (χ2v) is 8.12. The van der Waals surface area contributed by atoms with Gasteiger partial charge in [-0.3, -0.25) is 9.20 Å². The summed E-state index contributed by atoms with van der Waals surface area (Å²) >= 11 is 0. The molecule has 5 nitrogen and oxygen atoms in total. The SMILES string of the molecule is CN(C(=O)c1cnc2ccc(N3CCC[C@H]3c3cc(F)ccc3F)cn12)c1ccc(F)cc1. The molecule has 5 rings (SSSR count). The summed E-state index contributed by atoms with van der Waals surface area (Å²) in [5.41, 5.74) is 2.58. The quantitative estimate of drug-likeness (QED) is 0.420. The first-order chi connectivity index (χ1) is 15.9. The smallest absolute Gasteiger partial charge is 0.276 e. The van der Waals surface area contributed by atoms with Crippen molar-refractivity contribution in [3.05, 3.63) is 95.7 Å². The highest BCUT2D eigenvalue weighted by atomic mass is 19.1. The van der Waals surface area contributed by atoms with Gasteiger partial charge in [0.05, 0.1) is 17.9 Å². The number of nitrogens with zero attached hydrogens (tertiary/aromatic N) is 4. The highest BCUT2D eigenvalue weighted by Crippen LogP contribution is 2.37. The van der Waals surface area contributed by atoms with Gasteiger partial charge in [-0.05, 0) is 67.4 Å². The predicted octanol–water partition coefficient (Wildman–Crippen LogP) is 5.37. The maximum atomic E-state index is 14.5. The van der Waals surface area contributed by atoms with Gasteiger partial charge in [0.25, 0.3) is 5.91 Å². The van der Waals surface area contributed by atoms with E-state index >= 15 is 0 Å². The topological polar surface area (TPSA) is 40.9 Å². The Labute approximate surface area is 188 Å². The maximum absolute atomic E-state index is 14.5. The van der Waals surface area contributed by atoms with Crippen LogP contribution in [0.5, 0.6) is 0 Å². The molecule has 1 amide bonds. The Morgan fingerprint density at radius 2 is 1.79 bits per heavy atom. The van der Waals surface area contributed by atoms with Crippen molar-refractivity contribution in [3.63, 3.8) is 0 Å². The van der Waals surface area contributed by atoms with Crippen LogP contribution in [0.25, 0.3) is 5.65 Å². The second-order valence-electron chi connectivity index (χ2n) is 8.12. The highest BCUT2D eigenvalue weighted by molar-refractivity contribution is 6.05. The van der Waals surface area contributed by atoms with E-state index in [9.17, 15) is 18.0 Å². The Kier molecular flexibility index (Phi) is 5.28. The number of carbonyl (C=O) groups excluding carboxylic acids is 1. The van der Waals surface area contributed by atoms with E-state index in [-0.39, 0.29) is 17.8 Å². The third-order valence-corrected chi connectivity index (χ3v) is 6.13. The van der Waals surface area contributed by atoms with Crippen molar-refractivity contribution < 1.29 is 18.0 Å². The van der Waals surface area contributed by atoms with Crippen LogP contribution >= 0.6 is 0 Å². The largest absolute Gasteiger partial charge is 0.363 e. The number of benzene rings is 2. The molecule has 1 atom stereocenters. The molecule has 0 bridgehead atoms. The van der Waals surface area contributed by atoms with E-state index in [4.69, 9.17) is 0 Å². The number of pyridine rings is 1. The van der Waals surface area contributed by atoms with E-state index < -0.39 is 11.6 Å². The molecule has 1 aliphatic rings. The fourth-order valence-electron chi connectivity index (χ4n) is 4.42. The number of imidazole rings is 1. The first-order valence-corrected chi connectivity index (χ1v) is 10.6. The van der Waals surface area contributed by atoms with Crippen LogP contribution in [0.1, 0.15) is 34.9 Å². The highest BCUT2D eigenvalue weighted by Gasteiger charge is 2.29. The third-order valence-electron chi connectivity index (χ3n) is 6.13. The van der Waals surface area contributed by atoms with Crippen molar-refractivity contribution in [3.8, 4) is 0 Å². The summed E-state index contributed by atoms with van der Waals surface area (Å²) in [5, 5.41) is 0. The Hall–Kier alpha value is -3.81. The summed E-state index contributed by atoms with van der Waals surface area (Å²) in [5.74, 6) is -1.59. The number of aromatic nitrogens is 2. The van der Waals surface area contributed by atoms with Crippen LogP contribution in [0.15, 0.2) is 67.0 Å². The number of amides is 1. The van der Waals surface area contributed by atoms with E-state index in [0.717, 1.165) is 24.2 Å². The van der Waals surface area contributed by atoms with Crippen molar-refractivity contribution >= 4 is 22.9 Å². The molecule has 0 N–H and O–H groups in total. The standard InChI is InChI=1S/C25H21F3N4O/c1-30(18-7-4-16(26)5-8-18)25(33)23-14-29-24-11-9-19(15-32(23)24)31-12-2-3-22(31)20-13-17(27)6-10-21(20)28/h4-11,13-15,22H,2-3,12H2,1H3/t22-/m0/s1. The number of rotatable bonds is 4. The van der Waals surface area contributed by atoms with Crippen molar-refractivity contribution in [1.29, 1.82) is 0 Å². The molecule has 8 heteroatoms. The summed E-state index contributed by atoms with van der Waals surface area (Å²) in [6.07, 6.45) is 4.82. The number of fused-ring (bicyclic) bond motifs is 1. The van der Waals surface area contributed by atoms with Crippen LogP contribution < -0.4 is 9.80 Å². The van der Waals surface area contributed by atoms with Gasteiger partial charge in [0.1, 0.15) is 28.8 Å². The van der Waals surface area contributed by atoms with Gasteiger partial charge in [0.2, 0.25) is 0 Å². The molecule has 0 saturated carbocycles. The zero-order valence-corrected chi connectivity index (χ0v) is 17.9. The lowest BCUT2D eigenvalue weighted by molar-refractivity contribution is 0.0987. The minimum absolute atomic E-state index is 0.303. The maximum Gasteiger partial charge on any atom is 0.276 e. The first-order valence-electron chi connectivity index (χ1n) is 10.6. The molecule has 2 aromatic heterocycles. The van der Waals surface area contributed by atoms with E-state index in [0.29, 0.717) is 35.6 Å². The van der Waals surface area contributed by atoms with E-state index in [1.165, 1.54) is 41.4 Å². The number of hydrogen-bond donors (Lipinski definition) is 0. The minimum atomic E-state index is -0.472. The Morgan fingerprint density at radius 3 is 2.58 bits per heavy atom. The van der Waals surface area contributed by atoms with Crippen molar-refractivity contribution in [1.82, 2.24) is 9.38 Å². The molecule has 1 fully saturated rings. The number of hydrogen-bond acceptors (Lipinski definition) is 3. The van der Waals surface area contributed by atoms with Crippen LogP contribution in [-0.4, -0.2) is 28.9 Å². The molecule has 4 aromatic rings. The van der Waals surface area contributed by atoms with Gasteiger partial charge in [-0.15, -0.1) is 0 Å². The first kappa shape index (κ1) is 21.1. The van der Waals surface area contributed by atoms with Gasteiger partial charge in [-0.25, -0.2) is 18.2 Å². The van der Waals surface area contributed by atoms with Gasteiger partial charge >= 0.3 is 0 Å². The average Bonchev–Trinajstić information content (AvgIpc) is 3.47. The fourth-order valence-corrected chi connectivity index (χ4v) is 4.42. The molecule has 2 aromatic carbocycles. The molecule has 1 saturated heterocycles. The van der Waals surface area contributed by atoms with Gasteiger partial charge in [-0.1, -0.05) is 0 Å². The molecule has 33 heavy (non-hydrogen) atoms. The monoisotopic (exact) mass is 450 g/mol. The zero-order chi connectivity index (χ0) is 23.1. The van der Waals surface area contributed by atoms with Crippen molar-refractivity contribution in [2.45, 2.75) is 18.9 Å². The van der Waals surface area contributed by atoms with E-state index in [2.05, 4.69) is 4.98 Å². The molecule has 0 aliphatic carbocycles. The van der Waals surface area contributed by atoms with Crippen LogP contribution in [0, 0.1) is 17.5 Å². The van der Waals surface area contributed by atoms with Crippen LogP contribution in [0.3, 0.4) is 0 Å². The Bertz CT molecular complexity index is 1340. The van der Waals surface area contributed by atoms with E-state index in [1.807, 2.05) is 11.0 Å². The lowest BCUT2D eigenvalue weighted by Gasteiger charge is -2.27. The second kappa shape index (κ2) is 8.27. The lowest BCUT2D eigenvalue weighted by atomic mass is 10.0. The molecule has 1 aliphatic heterocycles. The summed E-state index contributed by atoms with van der Waals surface area (Å²) in [4.78, 5) is 21.0. The van der Waals surface area contributed by atoms with Crippen molar-refractivity contribution in [2.24, 2.45) is 0 Å². The summed E-state index contributed by atoms with van der Waals surface area (Å²) in [6.45, 7) is 0.680. The number of carbonyl (C=O) groups is 1. The molecular formula is C25H21F3N4O. The van der Waals surface area contributed by atoms with Gasteiger partial charge in [0.15, 0.2) is 0 Å². The molecular weight excluding hydrogens is 429 g/mol. The van der Waals surface area contributed by atoms with Crippen LogP contribution in [0.2, 0.25) is 0 Å². The predicted molar refractivity (Wildman–Crippen MR) is 120 cm³/mol. The normalized spacial score (nSPS) is 15.9. The summed E-state index contributed by atoms with van der Waals surface area (Å²) in [7, 11) is 1.61. The van der Waals surface area contributed by atoms with Gasteiger partial charge in [0, 0.05) is 31.0 Å². The number of anilines is 2. The van der Waals surface area contributed by atoms with Crippen LogP contribution in [0.4, 0.5) is 24.5 Å². The molecule has 3 heterocycles. The number of halogens is 3. The molecule has 0 spiro atoms. The summed E-state index contributed by atoms with van der Waals surface area (Å²) in [6, 6.07) is 12.5. The third kappa shape index (κ3) is 3.82. The zero-order valence-electron chi connectivity index (χ0n) is 17.9. The minimum Gasteiger partial charge on any atom is -0.363 e. The van der Waals surface area contributed by atoms with E-state index in [1.54, 1.807) is 23.7 Å². The van der Waals surface area contributed by atoms with Crippen molar-refractivity contribution in [2.75, 3.05) is 23.4 Å². The lowest BCUT2D eigenvalue weighted by Crippen LogP contribution is -2.27. The summed E-state index contributed by atoms with van der Waals surface area (Å²) < 4.78 is 43.2. The Balaban J connectivity index is 1.50. The van der Waals surface area contributed by atoms with Gasteiger partial charge < -0.3 is 9.80 Å². The Morgan fingerprint density at radius 1 is 1.03 bits per heavy atom. The molecule has 0 radical (unpaired) electrons. The fraction of sp³-hybridized carbons (Fsp3) is 0.200. The molecule has 168 valence electrons. The molecule has 0 unspecified atom stereocenters.